The van der Waals surface area contributed by atoms with Gasteiger partial charge >= 0.3 is 0 Å². The van der Waals surface area contributed by atoms with Gasteiger partial charge in [0.1, 0.15) is 0 Å². The molecular formula is C16H20BrN3. The Morgan fingerprint density at radius 1 is 1.30 bits per heavy atom. The molecule has 1 aromatic carbocycles. The second-order valence-electron chi connectivity index (χ2n) is 5.92. The lowest BCUT2D eigenvalue weighted by Crippen LogP contribution is -2.58. The molecule has 0 saturated carbocycles. The van der Waals surface area contributed by atoms with Gasteiger partial charge in [-0.05, 0) is 60.4 Å². The Bertz CT molecular complexity index is 537. The second kappa shape index (κ2) is 5.75. The Labute approximate surface area is 129 Å². The summed E-state index contributed by atoms with van der Waals surface area (Å²) in [7, 11) is 0. The average molecular weight is 334 g/mol. The fourth-order valence-corrected chi connectivity index (χ4v) is 4.10. The van der Waals surface area contributed by atoms with E-state index in [4.69, 9.17) is 5.26 Å². The van der Waals surface area contributed by atoms with Crippen molar-refractivity contribution < 1.29 is 0 Å². The number of benzene rings is 1. The van der Waals surface area contributed by atoms with Crippen LogP contribution in [0.4, 0.5) is 5.69 Å². The number of hydrogen-bond donors (Lipinski definition) is 0. The number of piperidine rings is 1. The Morgan fingerprint density at radius 3 is 2.90 bits per heavy atom. The summed E-state index contributed by atoms with van der Waals surface area (Å²) in [5, 5.41) is 8.98. The summed E-state index contributed by atoms with van der Waals surface area (Å²) >= 11 is 3.63. The van der Waals surface area contributed by atoms with Crippen LogP contribution in [0.3, 0.4) is 0 Å². The summed E-state index contributed by atoms with van der Waals surface area (Å²) in [4.78, 5) is 5.15. The summed E-state index contributed by atoms with van der Waals surface area (Å²) in [5.41, 5.74) is 1.94. The van der Waals surface area contributed by atoms with Gasteiger partial charge in [0.25, 0.3) is 0 Å². The average Bonchev–Trinajstić information content (AvgIpc) is 2.46. The molecule has 0 radical (unpaired) electrons. The second-order valence-corrected chi connectivity index (χ2v) is 6.78. The van der Waals surface area contributed by atoms with E-state index in [-0.39, 0.29) is 0 Å². The molecule has 2 aliphatic rings. The maximum atomic E-state index is 8.98. The predicted molar refractivity (Wildman–Crippen MR) is 84.9 cm³/mol. The maximum absolute atomic E-state index is 8.98. The van der Waals surface area contributed by atoms with Crippen molar-refractivity contribution in [3.63, 3.8) is 0 Å². The van der Waals surface area contributed by atoms with Crippen LogP contribution in [0.2, 0.25) is 0 Å². The van der Waals surface area contributed by atoms with Crippen molar-refractivity contribution in [3.05, 3.63) is 28.2 Å². The van der Waals surface area contributed by atoms with Crippen LogP contribution >= 0.6 is 15.9 Å². The number of hydrogen-bond acceptors (Lipinski definition) is 3. The number of nitriles is 1. The summed E-state index contributed by atoms with van der Waals surface area (Å²) in [6.45, 7) is 5.82. The summed E-state index contributed by atoms with van der Waals surface area (Å²) in [5.74, 6) is 0. The van der Waals surface area contributed by atoms with Gasteiger partial charge < -0.3 is 4.90 Å². The van der Waals surface area contributed by atoms with Crippen LogP contribution < -0.4 is 4.90 Å². The molecule has 2 saturated heterocycles. The highest BCUT2D eigenvalue weighted by molar-refractivity contribution is 9.10. The van der Waals surface area contributed by atoms with Crippen LogP contribution in [0, 0.1) is 11.3 Å². The molecule has 3 nitrogen and oxygen atoms in total. The zero-order chi connectivity index (χ0) is 14.1. The first-order chi connectivity index (χ1) is 9.69. The molecule has 2 aliphatic heterocycles. The normalized spacial score (nSPS) is 26.9. The SMILES string of the molecule is CC1CN2CCCCC2CN1c1ccc(C#N)cc1Br. The fraction of sp³-hybridized carbons (Fsp3) is 0.562. The number of halogens is 1. The van der Waals surface area contributed by atoms with Crippen LogP contribution in [0.25, 0.3) is 0 Å². The molecule has 0 aromatic heterocycles. The number of nitrogens with zero attached hydrogens (tertiary/aromatic N) is 3. The summed E-state index contributed by atoms with van der Waals surface area (Å²) in [6.07, 6.45) is 4.03. The Hall–Kier alpha value is -1.05. The van der Waals surface area contributed by atoms with E-state index in [1.54, 1.807) is 0 Å². The van der Waals surface area contributed by atoms with Crippen LogP contribution in [0.5, 0.6) is 0 Å². The molecular weight excluding hydrogens is 314 g/mol. The fourth-order valence-electron chi connectivity index (χ4n) is 3.50. The third-order valence-corrected chi connectivity index (χ3v) is 5.21. The van der Waals surface area contributed by atoms with Gasteiger partial charge in [0.05, 0.1) is 17.3 Å². The first kappa shape index (κ1) is 13.9. The molecule has 20 heavy (non-hydrogen) atoms. The third-order valence-electron chi connectivity index (χ3n) is 4.57. The van der Waals surface area contributed by atoms with E-state index < -0.39 is 0 Å². The largest absolute Gasteiger partial charge is 0.365 e. The minimum absolute atomic E-state index is 0.522. The van der Waals surface area contributed by atoms with E-state index in [0.717, 1.165) is 17.6 Å². The summed E-state index contributed by atoms with van der Waals surface area (Å²) < 4.78 is 1.03. The van der Waals surface area contributed by atoms with Gasteiger partial charge in [0.2, 0.25) is 0 Å². The molecule has 0 aliphatic carbocycles. The smallest absolute Gasteiger partial charge is 0.0992 e. The molecule has 0 amide bonds. The number of anilines is 1. The van der Waals surface area contributed by atoms with Gasteiger partial charge in [0, 0.05) is 29.6 Å². The van der Waals surface area contributed by atoms with Crippen molar-refractivity contribution in [2.75, 3.05) is 24.5 Å². The Morgan fingerprint density at radius 2 is 2.15 bits per heavy atom. The molecule has 106 valence electrons. The van der Waals surface area contributed by atoms with Gasteiger partial charge in [-0.25, -0.2) is 0 Å². The quantitative estimate of drug-likeness (QED) is 0.789. The van der Waals surface area contributed by atoms with Crippen molar-refractivity contribution in [3.8, 4) is 6.07 Å². The van der Waals surface area contributed by atoms with Crippen molar-refractivity contribution in [2.45, 2.75) is 38.3 Å². The molecule has 3 rings (SSSR count). The van der Waals surface area contributed by atoms with Crippen molar-refractivity contribution in [2.24, 2.45) is 0 Å². The first-order valence-corrected chi connectivity index (χ1v) is 8.18. The first-order valence-electron chi connectivity index (χ1n) is 7.39. The monoisotopic (exact) mass is 333 g/mol. The highest BCUT2D eigenvalue weighted by Gasteiger charge is 2.33. The lowest BCUT2D eigenvalue weighted by molar-refractivity contribution is 0.115. The lowest BCUT2D eigenvalue weighted by Gasteiger charge is -2.48. The lowest BCUT2D eigenvalue weighted by atomic mass is 9.96. The molecule has 2 atom stereocenters. The molecule has 0 spiro atoms. The summed E-state index contributed by atoms with van der Waals surface area (Å²) in [6, 6.07) is 9.34. The van der Waals surface area contributed by atoms with E-state index in [1.807, 2.05) is 12.1 Å². The minimum atomic E-state index is 0.522. The zero-order valence-corrected chi connectivity index (χ0v) is 13.4. The molecule has 4 heteroatoms. The highest BCUT2D eigenvalue weighted by Crippen LogP contribution is 2.33. The zero-order valence-electron chi connectivity index (χ0n) is 11.8. The third kappa shape index (κ3) is 2.57. The molecule has 2 unspecified atom stereocenters. The van der Waals surface area contributed by atoms with Crippen LogP contribution in [0.15, 0.2) is 22.7 Å². The molecule has 0 bridgehead atoms. The van der Waals surface area contributed by atoms with E-state index in [9.17, 15) is 0 Å². The van der Waals surface area contributed by atoms with E-state index in [1.165, 1.54) is 31.5 Å². The van der Waals surface area contributed by atoms with Gasteiger partial charge in [-0.15, -0.1) is 0 Å². The number of rotatable bonds is 1. The molecule has 2 heterocycles. The predicted octanol–water partition coefficient (Wildman–Crippen LogP) is 3.38. The molecule has 2 fully saturated rings. The van der Waals surface area contributed by atoms with Crippen molar-refractivity contribution in [1.82, 2.24) is 4.90 Å². The van der Waals surface area contributed by atoms with Gasteiger partial charge in [-0.2, -0.15) is 5.26 Å². The van der Waals surface area contributed by atoms with Gasteiger partial charge in [-0.1, -0.05) is 6.42 Å². The van der Waals surface area contributed by atoms with E-state index in [2.05, 4.69) is 44.8 Å². The van der Waals surface area contributed by atoms with Crippen LogP contribution in [-0.4, -0.2) is 36.6 Å². The molecule has 0 N–H and O–H groups in total. The van der Waals surface area contributed by atoms with Crippen molar-refractivity contribution in [1.29, 1.82) is 5.26 Å². The Kier molecular flexibility index (Phi) is 4.00. The Balaban J connectivity index is 1.84. The van der Waals surface area contributed by atoms with E-state index >= 15 is 0 Å². The van der Waals surface area contributed by atoms with Gasteiger partial charge in [0.15, 0.2) is 0 Å². The van der Waals surface area contributed by atoms with Gasteiger partial charge in [-0.3, -0.25) is 4.90 Å². The highest BCUT2D eigenvalue weighted by atomic mass is 79.9. The topological polar surface area (TPSA) is 30.3 Å². The van der Waals surface area contributed by atoms with Crippen LogP contribution in [0.1, 0.15) is 31.7 Å². The minimum Gasteiger partial charge on any atom is -0.365 e. The standard InChI is InChI=1S/C16H20BrN3/c1-12-10-19-7-3-2-4-14(19)11-20(12)16-6-5-13(9-18)8-15(16)17/h5-6,8,12,14H,2-4,7,10-11H2,1H3. The number of piperazine rings is 1. The van der Waals surface area contributed by atoms with E-state index in [0.29, 0.717) is 17.6 Å². The number of fused-ring (bicyclic) bond motifs is 1. The molecule has 1 aromatic rings. The van der Waals surface area contributed by atoms with Crippen LogP contribution in [-0.2, 0) is 0 Å². The maximum Gasteiger partial charge on any atom is 0.0992 e. The van der Waals surface area contributed by atoms with Crippen molar-refractivity contribution >= 4 is 21.6 Å².